The van der Waals surface area contributed by atoms with Gasteiger partial charge in [-0.15, -0.1) is 0 Å². The van der Waals surface area contributed by atoms with Gasteiger partial charge in [-0.25, -0.2) is 4.98 Å². The molecule has 0 spiro atoms. The topological polar surface area (TPSA) is 46.3 Å². The van der Waals surface area contributed by atoms with Crippen molar-refractivity contribution in [3.8, 4) is 0 Å². The standard InChI is InChI=1S/C17H14N2O2/c1-2-17(20)19(11-13-6-4-3-5-7-13)14-8-9-16-15(10-14)18-12-21-16/h2-10,12H,1,11H2. The molecule has 0 radical (unpaired) electrons. The third-order valence-electron chi connectivity index (χ3n) is 3.25. The third kappa shape index (κ3) is 2.69. The highest BCUT2D eigenvalue weighted by atomic mass is 16.3. The minimum absolute atomic E-state index is 0.151. The minimum Gasteiger partial charge on any atom is -0.443 e. The first kappa shape index (κ1) is 13.1. The molecule has 1 aromatic heterocycles. The summed E-state index contributed by atoms with van der Waals surface area (Å²) in [6.45, 7) is 4.06. The Hall–Kier alpha value is -2.88. The Bertz CT molecular complexity index is 778. The summed E-state index contributed by atoms with van der Waals surface area (Å²) in [4.78, 5) is 17.9. The largest absolute Gasteiger partial charge is 0.443 e. The van der Waals surface area contributed by atoms with Crippen molar-refractivity contribution in [3.05, 3.63) is 73.1 Å². The van der Waals surface area contributed by atoms with Crippen LogP contribution in [-0.2, 0) is 11.3 Å². The lowest BCUT2D eigenvalue weighted by Gasteiger charge is -2.21. The number of anilines is 1. The van der Waals surface area contributed by atoms with E-state index in [1.807, 2.05) is 48.5 Å². The molecule has 3 rings (SSSR count). The van der Waals surface area contributed by atoms with Gasteiger partial charge in [-0.1, -0.05) is 36.9 Å². The first-order valence-corrected chi connectivity index (χ1v) is 6.59. The Morgan fingerprint density at radius 2 is 2.05 bits per heavy atom. The molecule has 0 N–H and O–H groups in total. The second kappa shape index (κ2) is 5.63. The predicted octanol–water partition coefficient (Wildman–Crippen LogP) is 3.55. The van der Waals surface area contributed by atoms with Gasteiger partial charge in [0.1, 0.15) is 5.52 Å². The molecule has 0 fully saturated rings. The molecule has 4 heteroatoms. The molecule has 0 aliphatic rings. The Labute approximate surface area is 122 Å². The Balaban J connectivity index is 1.98. The van der Waals surface area contributed by atoms with E-state index in [1.165, 1.54) is 12.5 Å². The van der Waals surface area contributed by atoms with E-state index < -0.39 is 0 Å². The highest BCUT2D eigenvalue weighted by molar-refractivity contribution is 6.01. The number of fused-ring (bicyclic) bond motifs is 1. The second-order valence-corrected chi connectivity index (χ2v) is 4.62. The van der Waals surface area contributed by atoms with Crippen molar-refractivity contribution in [1.29, 1.82) is 0 Å². The molecule has 4 nitrogen and oxygen atoms in total. The van der Waals surface area contributed by atoms with E-state index in [9.17, 15) is 4.79 Å². The summed E-state index contributed by atoms with van der Waals surface area (Å²) in [5.74, 6) is -0.151. The summed E-state index contributed by atoms with van der Waals surface area (Å²) in [5, 5.41) is 0. The van der Waals surface area contributed by atoms with Crippen LogP contribution in [0.5, 0.6) is 0 Å². The molecule has 21 heavy (non-hydrogen) atoms. The molecule has 0 aliphatic carbocycles. The minimum atomic E-state index is -0.151. The maximum atomic E-state index is 12.2. The molecule has 1 amide bonds. The van der Waals surface area contributed by atoms with Gasteiger partial charge in [0.05, 0.1) is 6.54 Å². The number of nitrogens with zero attached hydrogens (tertiary/aromatic N) is 2. The third-order valence-corrected chi connectivity index (χ3v) is 3.25. The molecule has 0 bridgehead atoms. The number of amides is 1. The fraction of sp³-hybridized carbons (Fsp3) is 0.0588. The van der Waals surface area contributed by atoms with Crippen LogP contribution in [-0.4, -0.2) is 10.9 Å². The molecular weight excluding hydrogens is 264 g/mol. The van der Waals surface area contributed by atoms with E-state index >= 15 is 0 Å². The Kier molecular flexibility index (Phi) is 3.51. The fourth-order valence-corrected chi connectivity index (χ4v) is 2.19. The average Bonchev–Trinajstić information content (AvgIpc) is 3.00. The van der Waals surface area contributed by atoms with Gasteiger partial charge in [0.15, 0.2) is 12.0 Å². The van der Waals surface area contributed by atoms with E-state index in [-0.39, 0.29) is 5.91 Å². The van der Waals surface area contributed by atoms with Gasteiger partial charge in [-0.2, -0.15) is 0 Å². The Morgan fingerprint density at radius 1 is 1.24 bits per heavy atom. The van der Waals surface area contributed by atoms with E-state index in [0.717, 1.165) is 16.8 Å². The number of oxazole rings is 1. The zero-order chi connectivity index (χ0) is 14.7. The zero-order valence-electron chi connectivity index (χ0n) is 11.4. The highest BCUT2D eigenvalue weighted by Crippen LogP contribution is 2.23. The Morgan fingerprint density at radius 3 is 2.81 bits per heavy atom. The van der Waals surface area contributed by atoms with Crippen LogP contribution in [0.15, 0.2) is 72.0 Å². The molecule has 1 heterocycles. The first-order chi connectivity index (χ1) is 10.3. The lowest BCUT2D eigenvalue weighted by molar-refractivity contribution is -0.114. The normalized spacial score (nSPS) is 10.5. The smallest absolute Gasteiger partial charge is 0.250 e. The van der Waals surface area contributed by atoms with Crippen molar-refractivity contribution in [1.82, 2.24) is 4.98 Å². The summed E-state index contributed by atoms with van der Waals surface area (Å²) in [6.07, 6.45) is 2.71. The molecule has 0 unspecified atom stereocenters. The molecule has 0 saturated heterocycles. The SMILES string of the molecule is C=CC(=O)N(Cc1ccccc1)c1ccc2ocnc2c1. The van der Waals surface area contributed by atoms with Crippen molar-refractivity contribution in [2.24, 2.45) is 0 Å². The van der Waals surface area contributed by atoms with Crippen molar-refractivity contribution in [2.45, 2.75) is 6.54 Å². The molecule has 0 saturated carbocycles. The summed E-state index contributed by atoms with van der Waals surface area (Å²) in [7, 11) is 0. The van der Waals surface area contributed by atoms with Crippen LogP contribution in [0.1, 0.15) is 5.56 Å². The fourth-order valence-electron chi connectivity index (χ4n) is 2.19. The maximum absolute atomic E-state index is 12.2. The predicted molar refractivity (Wildman–Crippen MR) is 81.8 cm³/mol. The number of benzene rings is 2. The number of carbonyl (C=O) groups is 1. The lowest BCUT2D eigenvalue weighted by atomic mass is 10.2. The molecule has 3 aromatic rings. The highest BCUT2D eigenvalue weighted by Gasteiger charge is 2.14. The van der Waals surface area contributed by atoms with Gasteiger partial charge in [-0.05, 0) is 29.8 Å². The van der Waals surface area contributed by atoms with Gasteiger partial charge in [-0.3, -0.25) is 4.79 Å². The van der Waals surface area contributed by atoms with Crippen LogP contribution in [0.4, 0.5) is 5.69 Å². The van der Waals surface area contributed by atoms with Crippen LogP contribution in [0.2, 0.25) is 0 Å². The van der Waals surface area contributed by atoms with Gasteiger partial charge >= 0.3 is 0 Å². The van der Waals surface area contributed by atoms with Crippen molar-refractivity contribution < 1.29 is 9.21 Å². The maximum Gasteiger partial charge on any atom is 0.250 e. The van der Waals surface area contributed by atoms with Crippen LogP contribution in [0, 0.1) is 0 Å². The van der Waals surface area contributed by atoms with Gasteiger partial charge in [0.2, 0.25) is 0 Å². The van der Waals surface area contributed by atoms with Gasteiger partial charge < -0.3 is 9.32 Å². The van der Waals surface area contributed by atoms with E-state index in [1.54, 1.807) is 4.90 Å². The van der Waals surface area contributed by atoms with E-state index in [4.69, 9.17) is 4.42 Å². The molecule has 0 atom stereocenters. The number of carbonyl (C=O) groups excluding carboxylic acids is 1. The summed E-state index contributed by atoms with van der Waals surface area (Å²) in [6, 6.07) is 15.3. The lowest BCUT2D eigenvalue weighted by Crippen LogP contribution is -2.28. The second-order valence-electron chi connectivity index (χ2n) is 4.62. The zero-order valence-corrected chi connectivity index (χ0v) is 11.4. The summed E-state index contributed by atoms with van der Waals surface area (Å²) in [5.41, 5.74) is 3.24. The summed E-state index contributed by atoms with van der Waals surface area (Å²) >= 11 is 0. The molecule has 0 aliphatic heterocycles. The van der Waals surface area contributed by atoms with Crippen molar-refractivity contribution in [2.75, 3.05) is 4.90 Å². The molecular formula is C17H14N2O2. The van der Waals surface area contributed by atoms with Crippen molar-refractivity contribution in [3.63, 3.8) is 0 Å². The van der Waals surface area contributed by atoms with Crippen LogP contribution in [0.3, 0.4) is 0 Å². The van der Waals surface area contributed by atoms with E-state index in [2.05, 4.69) is 11.6 Å². The molecule has 2 aromatic carbocycles. The first-order valence-electron chi connectivity index (χ1n) is 6.59. The van der Waals surface area contributed by atoms with Gasteiger partial charge in [0.25, 0.3) is 5.91 Å². The number of hydrogen-bond acceptors (Lipinski definition) is 3. The molecule has 104 valence electrons. The van der Waals surface area contributed by atoms with Crippen LogP contribution >= 0.6 is 0 Å². The van der Waals surface area contributed by atoms with Gasteiger partial charge in [0, 0.05) is 5.69 Å². The number of rotatable bonds is 4. The monoisotopic (exact) mass is 278 g/mol. The quantitative estimate of drug-likeness (QED) is 0.686. The average molecular weight is 278 g/mol. The van der Waals surface area contributed by atoms with Crippen LogP contribution in [0.25, 0.3) is 11.1 Å². The van der Waals surface area contributed by atoms with E-state index in [0.29, 0.717) is 12.1 Å². The number of aromatic nitrogens is 1. The summed E-state index contributed by atoms with van der Waals surface area (Å²) < 4.78 is 5.22. The van der Waals surface area contributed by atoms with Crippen LogP contribution < -0.4 is 4.90 Å². The number of hydrogen-bond donors (Lipinski definition) is 0. The van der Waals surface area contributed by atoms with Crippen molar-refractivity contribution >= 4 is 22.7 Å².